The first-order valence-corrected chi connectivity index (χ1v) is 7.94. The quantitative estimate of drug-likeness (QED) is 0.862. The lowest BCUT2D eigenvalue weighted by Crippen LogP contribution is -2.38. The molecule has 4 heteroatoms. The Morgan fingerprint density at radius 1 is 1.09 bits per heavy atom. The molecule has 0 radical (unpaired) electrons. The van der Waals surface area contributed by atoms with Gasteiger partial charge in [0, 0.05) is 19.3 Å². The number of methoxy groups -OCH3 is 1. The van der Waals surface area contributed by atoms with Crippen LogP contribution in [0.1, 0.15) is 16.7 Å². The average Bonchev–Trinajstić information content (AvgIpc) is 2.75. The maximum atomic E-state index is 12.7. The molecule has 0 spiro atoms. The van der Waals surface area contributed by atoms with Gasteiger partial charge in [-0.2, -0.15) is 0 Å². The number of ether oxygens (including phenoxy) is 1. The fourth-order valence-electron chi connectivity index (χ4n) is 2.96. The van der Waals surface area contributed by atoms with E-state index in [0.717, 1.165) is 12.1 Å². The maximum Gasteiger partial charge on any atom is 0.241 e. The lowest BCUT2D eigenvalue weighted by atomic mass is 10.0. The van der Waals surface area contributed by atoms with Gasteiger partial charge in [0.2, 0.25) is 5.91 Å². The second kappa shape index (κ2) is 7.40. The van der Waals surface area contributed by atoms with Gasteiger partial charge >= 0.3 is 0 Å². The number of fused-ring (bicyclic) bond motifs is 2. The molecule has 2 aromatic rings. The first kappa shape index (κ1) is 15.7. The van der Waals surface area contributed by atoms with Crippen molar-refractivity contribution in [1.29, 1.82) is 0 Å². The van der Waals surface area contributed by atoms with Crippen molar-refractivity contribution in [3.8, 4) is 0 Å². The normalized spacial score (nSPS) is 13.2. The van der Waals surface area contributed by atoms with Crippen LogP contribution in [-0.4, -0.2) is 32.7 Å². The Labute approximate surface area is 137 Å². The SMILES string of the molecule is COCCNCC(=O)N1Cc2ccccc2Cc2ccccc21. The number of nitrogens with zero attached hydrogens (tertiary/aromatic N) is 1. The zero-order chi connectivity index (χ0) is 16.1. The van der Waals surface area contributed by atoms with Crippen LogP contribution in [0.2, 0.25) is 0 Å². The third-order valence-corrected chi connectivity index (χ3v) is 4.17. The van der Waals surface area contributed by atoms with E-state index in [0.29, 0.717) is 26.2 Å². The number of carbonyl (C=O) groups is 1. The van der Waals surface area contributed by atoms with E-state index in [9.17, 15) is 4.79 Å². The van der Waals surface area contributed by atoms with Crippen LogP contribution in [0.3, 0.4) is 0 Å². The molecule has 4 nitrogen and oxygen atoms in total. The molecule has 1 heterocycles. The van der Waals surface area contributed by atoms with E-state index in [1.165, 1.54) is 16.7 Å². The second-order valence-corrected chi connectivity index (χ2v) is 5.72. The van der Waals surface area contributed by atoms with Crippen LogP contribution < -0.4 is 10.2 Å². The highest BCUT2D eigenvalue weighted by molar-refractivity contribution is 5.95. The molecule has 3 rings (SSSR count). The highest BCUT2D eigenvalue weighted by atomic mass is 16.5. The molecule has 0 aromatic heterocycles. The van der Waals surface area contributed by atoms with Crippen molar-refractivity contribution in [3.63, 3.8) is 0 Å². The van der Waals surface area contributed by atoms with Gasteiger partial charge in [-0.1, -0.05) is 42.5 Å². The number of rotatable bonds is 5. The minimum atomic E-state index is 0.0882. The summed E-state index contributed by atoms with van der Waals surface area (Å²) in [6, 6.07) is 16.5. The van der Waals surface area contributed by atoms with Gasteiger partial charge in [-0.05, 0) is 29.2 Å². The molecule has 0 bridgehead atoms. The van der Waals surface area contributed by atoms with Crippen molar-refractivity contribution in [1.82, 2.24) is 5.32 Å². The minimum absolute atomic E-state index is 0.0882. The largest absolute Gasteiger partial charge is 0.383 e. The molecule has 0 fully saturated rings. The van der Waals surface area contributed by atoms with Crippen LogP contribution in [0.15, 0.2) is 48.5 Å². The third-order valence-electron chi connectivity index (χ3n) is 4.17. The van der Waals surface area contributed by atoms with Gasteiger partial charge in [0.15, 0.2) is 0 Å². The number of benzene rings is 2. The van der Waals surface area contributed by atoms with Crippen molar-refractivity contribution < 1.29 is 9.53 Å². The minimum Gasteiger partial charge on any atom is -0.383 e. The predicted octanol–water partition coefficient (Wildman–Crippen LogP) is 2.36. The third kappa shape index (κ3) is 3.60. The molecule has 1 aliphatic rings. The first-order chi connectivity index (χ1) is 11.3. The summed E-state index contributed by atoms with van der Waals surface area (Å²) in [7, 11) is 1.66. The fraction of sp³-hybridized carbons (Fsp3) is 0.316. The molecule has 2 aromatic carbocycles. The molecular formula is C19H22N2O2. The summed E-state index contributed by atoms with van der Waals surface area (Å²) in [4.78, 5) is 14.6. The summed E-state index contributed by atoms with van der Waals surface area (Å²) in [5.74, 6) is 0.0882. The van der Waals surface area contributed by atoms with Crippen molar-refractivity contribution in [2.24, 2.45) is 0 Å². The molecule has 0 atom stereocenters. The number of hydrogen-bond donors (Lipinski definition) is 1. The van der Waals surface area contributed by atoms with Crippen LogP contribution in [-0.2, 0) is 22.5 Å². The van der Waals surface area contributed by atoms with Crippen molar-refractivity contribution in [2.75, 3.05) is 31.7 Å². The Morgan fingerprint density at radius 2 is 1.78 bits per heavy atom. The summed E-state index contributed by atoms with van der Waals surface area (Å²) in [6.45, 7) is 2.22. The molecule has 0 saturated carbocycles. The molecule has 120 valence electrons. The lowest BCUT2D eigenvalue weighted by Gasteiger charge is -2.23. The molecule has 1 aliphatic heterocycles. The number of para-hydroxylation sites is 1. The Hall–Kier alpha value is -2.17. The predicted molar refractivity (Wildman–Crippen MR) is 91.6 cm³/mol. The van der Waals surface area contributed by atoms with Gasteiger partial charge in [0.1, 0.15) is 0 Å². The molecular weight excluding hydrogens is 288 g/mol. The highest BCUT2D eigenvalue weighted by Gasteiger charge is 2.23. The van der Waals surface area contributed by atoms with Gasteiger partial charge in [0.25, 0.3) is 0 Å². The van der Waals surface area contributed by atoms with Crippen LogP contribution in [0, 0.1) is 0 Å². The Morgan fingerprint density at radius 3 is 2.57 bits per heavy atom. The first-order valence-electron chi connectivity index (χ1n) is 7.94. The second-order valence-electron chi connectivity index (χ2n) is 5.72. The summed E-state index contributed by atoms with van der Waals surface area (Å²) in [5, 5.41) is 3.14. The fourth-order valence-corrected chi connectivity index (χ4v) is 2.96. The number of carbonyl (C=O) groups excluding carboxylic acids is 1. The van der Waals surface area contributed by atoms with Crippen molar-refractivity contribution in [3.05, 3.63) is 65.2 Å². The molecule has 0 saturated heterocycles. The maximum absolute atomic E-state index is 12.7. The lowest BCUT2D eigenvalue weighted by molar-refractivity contribution is -0.118. The molecule has 0 aliphatic carbocycles. The Bertz CT molecular complexity index is 685. The average molecular weight is 310 g/mol. The van der Waals surface area contributed by atoms with E-state index in [1.807, 2.05) is 29.2 Å². The van der Waals surface area contributed by atoms with Gasteiger partial charge in [-0.3, -0.25) is 4.79 Å². The molecule has 23 heavy (non-hydrogen) atoms. The topological polar surface area (TPSA) is 41.6 Å². The van der Waals surface area contributed by atoms with Crippen LogP contribution in [0.4, 0.5) is 5.69 Å². The van der Waals surface area contributed by atoms with Crippen LogP contribution >= 0.6 is 0 Å². The number of hydrogen-bond acceptors (Lipinski definition) is 3. The van der Waals surface area contributed by atoms with Gasteiger partial charge in [-0.15, -0.1) is 0 Å². The van der Waals surface area contributed by atoms with Crippen molar-refractivity contribution >= 4 is 11.6 Å². The summed E-state index contributed by atoms with van der Waals surface area (Å²) >= 11 is 0. The smallest absolute Gasteiger partial charge is 0.241 e. The van der Waals surface area contributed by atoms with E-state index in [1.54, 1.807) is 7.11 Å². The van der Waals surface area contributed by atoms with E-state index >= 15 is 0 Å². The standard InChI is InChI=1S/C19H22N2O2/c1-23-11-10-20-13-19(22)21-14-17-8-3-2-6-15(17)12-16-7-4-5-9-18(16)21/h2-9,20H,10-14H2,1H3. The molecule has 0 unspecified atom stereocenters. The van der Waals surface area contributed by atoms with Gasteiger partial charge < -0.3 is 15.0 Å². The zero-order valence-electron chi connectivity index (χ0n) is 13.4. The monoisotopic (exact) mass is 310 g/mol. The van der Waals surface area contributed by atoms with Crippen LogP contribution in [0.5, 0.6) is 0 Å². The molecule has 1 N–H and O–H groups in total. The van der Waals surface area contributed by atoms with Gasteiger partial charge in [-0.25, -0.2) is 0 Å². The van der Waals surface area contributed by atoms with E-state index < -0.39 is 0 Å². The Kier molecular flexibility index (Phi) is 5.05. The van der Waals surface area contributed by atoms with E-state index in [2.05, 4.69) is 29.6 Å². The van der Waals surface area contributed by atoms with Crippen molar-refractivity contribution in [2.45, 2.75) is 13.0 Å². The zero-order valence-corrected chi connectivity index (χ0v) is 13.4. The summed E-state index contributed by atoms with van der Waals surface area (Å²) < 4.78 is 5.00. The Balaban J connectivity index is 1.85. The highest BCUT2D eigenvalue weighted by Crippen LogP contribution is 2.30. The summed E-state index contributed by atoms with van der Waals surface area (Å²) in [6.07, 6.45) is 0.868. The van der Waals surface area contributed by atoms with Crippen LogP contribution in [0.25, 0.3) is 0 Å². The van der Waals surface area contributed by atoms with E-state index in [4.69, 9.17) is 4.74 Å². The van der Waals surface area contributed by atoms with Gasteiger partial charge in [0.05, 0.1) is 19.7 Å². The number of nitrogens with one attached hydrogen (secondary N) is 1. The number of amides is 1. The van der Waals surface area contributed by atoms with E-state index in [-0.39, 0.29) is 5.91 Å². The summed E-state index contributed by atoms with van der Waals surface area (Å²) in [5.41, 5.74) is 4.72. The molecule has 1 amide bonds. The number of anilines is 1.